The number of benzene rings is 1. The van der Waals surface area contributed by atoms with Crippen molar-refractivity contribution in [3.63, 3.8) is 0 Å². The summed E-state index contributed by atoms with van der Waals surface area (Å²) in [6.07, 6.45) is 5.47. The van der Waals surface area contributed by atoms with E-state index in [1.54, 1.807) is 0 Å². The number of aryl methyl sites for hydroxylation is 1. The fraction of sp³-hybridized carbons (Fsp3) is 0.500. The van der Waals surface area contributed by atoms with Gasteiger partial charge in [-0.3, -0.25) is 0 Å². The third kappa shape index (κ3) is 3.11. The Bertz CT molecular complexity index is 740. The van der Waals surface area contributed by atoms with Gasteiger partial charge in [0.25, 0.3) is 0 Å². The zero-order valence-corrected chi connectivity index (χ0v) is 14.9. The van der Waals surface area contributed by atoms with E-state index in [-0.39, 0.29) is 6.23 Å². The first-order chi connectivity index (χ1) is 10.5. The van der Waals surface area contributed by atoms with Crippen LogP contribution >= 0.6 is 0 Å². The van der Waals surface area contributed by atoms with Gasteiger partial charge in [-0.05, 0) is 43.9 Å². The molecule has 1 saturated heterocycles. The number of aromatic nitrogens is 2. The van der Waals surface area contributed by atoms with Crippen LogP contribution in [-0.2, 0) is 4.74 Å². The topological polar surface area (TPSA) is 27.1 Å². The number of fused-ring (bicyclic) bond motifs is 1. The van der Waals surface area contributed by atoms with E-state index in [0.29, 0.717) is 0 Å². The molecule has 3 rings (SSSR count). The lowest BCUT2D eigenvalue weighted by molar-refractivity contribution is -0.0366. The molecule has 2 aromatic rings. The van der Waals surface area contributed by atoms with Crippen molar-refractivity contribution in [2.45, 2.75) is 52.1 Å². The van der Waals surface area contributed by atoms with Gasteiger partial charge in [0, 0.05) is 17.6 Å². The quantitative estimate of drug-likeness (QED) is 0.581. The Balaban J connectivity index is 2.00. The molecule has 1 aromatic carbocycles. The summed E-state index contributed by atoms with van der Waals surface area (Å²) in [5.74, 6) is 3.38. The van der Waals surface area contributed by atoms with E-state index in [2.05, 4.69) is 55.3 Å². The molecule has 0 N–H and O–H groups in total. The Morgan fingerprint density at radius 1 is 1.27 bits per heavy atom. The van der Waals surface area contributed by atoms with Gasteiger partial charge >= 0.3 is 0 Å². The number of hydrogen-bond acceptors (Lipinski definition) is 2. The highest BCUT2D eigenvalue weighted by Gasteiger charge is 2.19. The maximum Gasteiger partial charge on any atom is 0.150 e. The van der Waals surface area contributed by atoms with Gasteiger partial charge in [0.05, 0.1) is 11.7 Å². The molecule has 0 amide bonds. The van der Waals surface area contributed by atoms with Crippen molar-refractivity contribution in [3.8, 4) is 11.5 Å². The monoisotopic (exact) mass is 312 g/mol. The summed E-state index contributed by atoms with van der Waals surface area (Å²) in [4.78, 5) is 0. The second kappa shape index (κ2) is 5.90. The van der Waals surface area contributed by atoms with Gasteiger partial charge in [0.2, 0.25) is 0 Å². The molecule has 2 heterocycles. The lowest BCUT2D eigenvalue weighted by Crippen LogP contribution is -2.18. The Morgan fingerprint density at radius 2 is 2.09 bits per heavy atom. The molecular formula is C18H24N2OSi. The summed E-state index contributed by atoms with van der Waals surface area (Å²) >= 11 is 0. The molecule has 1 aliphatic rings. The highest BCUT2D eigenvalue weighted by atomic mass is 28.3. The average molecular weight is 312 g/mol. The van der Waals surface area contributed by atoms with Gasteiger partial charge < -0.3 is 4.74 Å². The molecule has 1 aromatic heterocycles. The highest BCUT2D eigenvalue weighted by Crippen LogP contribution is 2.28. The average Bonchev–Trinajstić information content (AvgIpc) is 2.91. The normalized spacial score (nSPS) is 19.0. The van der Waals surface area contributed by atoms with Crippen LogP contribution < -0.4 is 0 Å². The first-order valence-corrected chi connectivity index (χ1v) is 11.6. The summed E-state index contributed by atoms with van der Waals surface area (Å²) in [6.45, 7) is 9.79. The largest absolute Gasteiger partial charge is 0.356 e. The standard InChI is InChI=1S/C18H24N2OSi/c1-14-15(10-12-22(2,3)4)8-9-17-16(14)13-19-20(17)18-7-5-6-11-21-18/h8-9,13,18H,5-7,11H2,1-4H3. The van der Waals surface area contributed by atoms with Crippen molar-refractivity contribution < 1.29 is 4.74 Å². The van der Waals surface area contributed by atoms with Gasteiger partial charge in [-0.1, -0.05) is 25.6 Å². The minimum Gasteiger partial charge on any atom is -0.356 e. The van der Waals surface area contributed by atoms with Gasteiger partial charge in [-0.25, -0.2) is 4.68 Å². The Morgan fingerprint density at radius 3 is 2.77 bits per heavy atom. The Hall–Kier alpha value is -1.57. The van der Waals surface area contributed by atoms with Crippen molar-refractivity contribution in [1.29, 1.82) is 0 Å². The predicted octanol–water partition coefficient (Wildman–Crippen LogP) is 4.27. The van der Waals surface area contributed by atoms with Crippen LogP contribution in [0.3, 0.4) is 0 Å². The fourth-order valence-electron chi connectivity index (χ4n) is 2.80. The molecule has 1 fully saturated rings. The Labute approximate surface area is 133 Å². The summed E-state index contributed by atoms with van der Waals surface area (Å²) in [5, 5.41) is 5.77. The summed E-state index contributed by atoms with van der Waals surface area (Å²) in [5.41, 5.74) is 6.96. The smallest absolute Gasteiger partial charge is 0.150 e. The zero-order chi connectivity index (χ0) is 15.7. The van der Waals surface area contributed by atoms with E-state index in [0.717, 1.165) is 30.5 Å². The van der Waals surface area contributed by atoms with Gasteiger partial charge in [-0.15, -0.1) is 5.54 Å². The second-order valence-electron chi connectivity index (χ2n) is 7.08. The van der Waals surface area contributed by atoms with Crippen LogP contribution in [0.1, 0.15) is 36.6 Å². The van der Waals surface area contributed by atoms with Crippen molar-refractivity contribution in [2.75, 3.05) is 6.61 Å². The summed E-state index contributed by atoms with van der Waals surface area (Å²) < 4.78 is 7.91. The highest BCUT2D eigenvalue weighted by molar-refractivity contribution is 6.83. The van der Waals surface area contributed by atoms with Crippen molar-refractivity contribution >= 4 is 19.0 Å². The Kier molecular flexibility index (Phi) is 4.11. The van der Waals surface area contributed by atoms with Crippen molar-refractivity contribution in [3.05, 3.63) is 29.5 Å². The lowest BCUT2D eigenvalue weighted by Gasteiger charge is -2.23. The number of rotatable bonds is 1. The third-order valence-corrected chi connectivity index (χ3v) is 4.93. The van der Waals surface area contributed by atoms with E-state index in [4.69, 9.17) is 4.74 Å². The van der Waals surface area contributed by atoms with Crippen LogP contribution in [0.2, 0.25) is 19.6 Å². The van der Waals surface area contributed by atoms with Crippen molar-refractivity contribution in [2.24, 2.45) is 0 Å². The van der Waals surface area contributed by atoms with E-state index in [1.165, 1.54) is 17.4 Å². The molecule has 0 bridgehead atoms. The van der Waals surface area contributed by atoms with Crippen LogP contribution in [0.15, 0.2) is 18.3 Å². The zero-order valence-electron chi connectivity index (χ0n) is 13.9. The van der Waals surface area contributed by atoms with E-state index < -0.39 is 8.07 Å². The molecule has 0 spiro atoms. The van der Waals surface area contributed by atoms with Crippen LogP contribution in [0.5, 0.6) is 0 Å². The maximum atomic E-state index is 5.87. The van der Waals surface area contributed by atoms with Crippen LogP contribution in [0.25, 0.3) is 10.9 Å². The predicted molar refractivity (Wildman–Crippen MR) is 93.5 cm³/mol. The first-order valence-electron chi connectivity index (χ1n) is 8.07. The molecule has 0 aliphatic carbocycles. The third-order valence-electron chi connectivity index (χ3n) is 4.05. The van der Waals surface area contributed by atoms with Gasteiger partial charge in [-0.2, -0.15) is 5.10 Å². The van der Waals surface area contributed by atoms with Gasteiger partial charge in [0.1, 0.15) is 8.07 Å². The van der Waals surface area contributed by atoms with Gasteiger partial charge in [0.15, 0.2) is 6.23 Å². The van der Waals surface area contributed by atoms with Crippen molar-refractivity contribution in [1.82, 2.24) is 9.78 Å². The van der Waals surface area contributed by atoms with E-state index in [1.807, 2.05) is 10.9 Å². The number of nitrogens with zero attached hydrogens (tertiary/aromatic N) is 2. The van der Waals surface area contributed by atoms with Crippen LogP contribution in [-0.4, -0.2) is 24.5 Å². The molecule has 22 heavy (non-hydrogen) atoms. The molecule has 3 nitrogen and oxygen atoms in total. The number of hydrogen-bond donors (Lipinski definition) is 0. The molecule has 1 aliphatic heterocycles. The van der Waals surface area contributed by atoms with Crippen LogP contribution in [0, 0.1) is 18.4 Å². The molecule has 1 atom stereocenters. The molecule has 116 valence electrons. The fourth-order valence-corrected chi connectivity index (χ4v) is 3.31. The van der Waals surface area contributed by atoms with Crippen LogP contribution in [0.4, 0.5) is 0 Å². The number of ether oxygens (including phenoxy) is 1. The minimum atomic E-state index is -1.35. The van der Waals surface area contributed by atoms with E-state index >= 15 is 0 Å². The summed E-state index contributed by atoms with van der Waals surface area (Å²) in [7, 11) is -1.35. The lowest BCUT2D eigenvalue weighted by atomic mass is 10.1. The molecule has 0 radical (unpaired) electrons. The first kappa shape index (κ1) is 15.3. The second-order valence-corrected chi connectivity index (χ2v) is 11.8. The maximum absolute atomic E-state index is 5.87. The molecular weight excluding hydrogens is 288 g/mol. The molecule has 4 heteroatoms. The molecule has 1 unspecified atom stereocenters. The van der Waals surface area contributed by atoms with E-state index in [9.17, 15) is 0 Å². The SMILES string of the molecule is Cc1c(C#C[Si](C)(C)C)ccc2c1cnn2C1CCCCO1. The minimum absolute atomic E-state index is 0.0876. The molecule has 0 saturated carbocycles. The summed E-state index contributed by atoms with van der Waals surface area (Å²) in [6, 6.07) is 4.27.